The fraction of sp³-hybridized carbons (Fsp3) is 0.250. The standard InChI is InChI=1S/C6H4N2S.C2H6/c7-2-5-1-6(9)4-8-3-5;1-2/h1,3-4,9H;1-2H3. The van der Waals surface area contributed by atoms with Crippen LogP contribution in [0.15, 0.2) is 23.4 Å². The molecule has 1 heterocycles. The van der Waals surface area contributed by atoms with Crippen molar-refractivity contribution in [2.75, 3.05) is 0 Å². The molecule has 0 fully saturated rings. The number of pyridine rings is 1. The van der Waals surface area contributed by atoms with Crippen LogP contribution in [0.25, 0.3) is 0 Å². The highest BCUT2D eigenvalue weighted by Gasteiger charge is 1.88. The summed E-state index contributed by atoms with van der Waals surface area (Å²) in [5, 5.41) is 8.34. The van der Waals surface area contributed by atoms with E-state index in [1.165, 1.54) is 6.20 Å². The van der Waals surface area contributed by atoms with E-state index in [2.05, 4.69) is 17.6 Å². The highest BCUT2D eigenvalue weighted by atomic mass is 32.1. The summed E-state index contributed by atoms with van der Waals surface area (Å²) in [4.78, 5) is 4.47. The minimum atomic E-state index is 0.544. The Morgan fingerprint density at radius 3 is 2.45 bits per heavy atom. The largest absolute Gasteiger partial charge is 0.262 e. The van der Waals surface area contributed by atoms with Crippen molar-refractivity contribution >= 4 is 12.6 Å². The van der Waals surface area contributed by atoms with Crippen molar-refractivity contribution in [2.24, 2.45) is 0 Å². The maximum atomic E-state index is 8.34. The molecule has 0 saturated carbocycles. The molecule has 0 aliphatic carbocycles. The molecular formula is C8H10N2S. The van der Waals surface area contributed by atoms with Gasteiger partial charge in [-0.1, -0.05) is 13.8 Å². The molecule has 0 atom stereocenters. The first kappa shape index (κ1) is 9.99. The Kier molecular flexibility index (Phi) is 5.22. The van der Waals surface area contributed by atoms with Gasteiger partial charge in [-0.2, -0.15) is 5.26 Å². The zero-order valence-corrected chi connectivity index (χ0v) is 7.47. The van der Waals surface area contributed by atoms with Gasteiger partial charge in [0.15, 0.2) is 0 Å². The van der Waals surface area contributed by atoms with Gasteiger partial charge in [0.05, 0.1) is 5.56 Å². The van der Waals surface area contributed by atoms with E-state index in [0.717, 1.165) is 0 Å². The number of thiol groups is 1. The summed E-state index contributed by atoms with van der Waals surface area (Å²) >= 11 is 3.99. The smallest absolute Gasteiger partial charge is 0.101 e. The lowest BCUT2D eigenvalue weighted by Gasteiger charge is -1.87. The molecule has 3 heteroatoms. The molecule has 0 unspecified atom stereocenters. The summed E-state index contributed by atoms with van der Waals surface area (Å²) in [6.45, 7) is 4.00. The second-order valence-corrected chi connectivity index (χ2v) is 2.06. The van der Waals surface area contributed by atoms with Gasteiger partial charge in [-0.25, -0.2) is 0 Å². The molecular weight excluding hydrogens is 156 g/mol. The van der Waals surface area contributed by atoms with Gasteiger partial charge in [0, 0.05) is 17.3 Å². The maximum absolute atomic E-state index is 8.34. The third-order valence-corrected chi connectivity index (χ3v) is 1.10. The third-order valence-electron chi connectivity index (χ3n) is 0.853. The predicted octanol–water partition coefficient (Wildman–Crippen LogP) is 2.27. The topological polar surface area (TPSA) is 36.7 Å². The average molecular weight is 166 g/mol. The van der Waals surface area contributed by atoms with Crippen molar-refractivity contribution in [3.05, 3.63) is 24.0 Å². The summed E-state index contributed by atoms with van der Waals surface area (Å²) < 4.78 is 0. The summed E-state index contributed by atoms with van der Waals surface area (Å²) in [5.41, 5.74) is 0.544. The van der Waals surface area contributed by atoms with Crippen molar-refractivity contribution < 1.29 is 0 Å². The van der Waals surface area contributed by atoms with Gasteiger partial charge in [0.2, 0.25) is 0 Å². The quantitative estimate of drug-likeness (QED) is 0.600. The van der Waals surface area contributed by atoms with Crippen molar-refractivity contribution in [3.8, 4) is 6.07 Å². The molecule has 0 spiro atoms. The fourth-order valence-corrected chi connectivity index (χ4v) is 0.695. The Balaban J connectivity index is 0.000000461. The lowest BCUT2D eigenvalue weighted by molar-refractivity contribution is 1.22. The van der Waals surface area contributed by atoms with Crippen LogP contribution < -0.4 is 0 Å². The monoisotopic (exact) mass is 166 g/mol. The average Bonchev–Trinajstić information content (AvgIpc) is 2.08. The molecule has 0 aliphatic rings. The number of nitrogens with zero attached hydrogens (tertiary/aromatic N) is 2. The molecule has 0 aromatic carbocycles. The van der Waals surface area contributed by atoms with Crippen molar-refractivity contribution in [1.29, 1.82) is 5.26 Å². The van der Waals surface area contributed by atoms with Crippen LogP contribution in [0.3, 0.4) is 0 Å². The summed E-state index contributed by atoms with van der Waals surface area (Å²) in [5.74, 6) is 0. The van der Waals surface area contributed by atoms with Gasteiger partial charge in [0.1, 0.15) is 6.07 Å². The number of nitriles is 1. The molecule has 0 radical (unpaired) electrons. The molecule has 11 heavy (non-hydrogen) atoms. The van der Waals surface area contributed by atoms with Crippen LogP contribution in [0, 0.1) is 11.3 Å². The van der Waals surface area contributed by atoms with E-state index >= 15 is 0 Å². The second kappa shape index (κ2) is 5.75. The first-order valence-electron chi connectivity index (χ1n) is 3.37. The molecule has 0 N–H and O–H groups in total. The summed E-state index contributed by atoms with van der Waals surface area (Å²) in [7, 11) is 0. The van der Waals surface area contributed by atoms with Gasteiger partial charge >= 0.3 is 0 Å². The van der Waals surface area contributed by atoms with Crippen LogP contribution in [-0.4, -0.2) is 4.98 Å². The first-order chi connectivity index (χ1) is 5.33. The van der Waals surface area contributed by atoms with Crippen molar-refractivity contribution in [1.82, 2.24) is 4.98 Å². The molecule has 58 valence electrons. The molecule has 1 rings (SSSR count). The van der Waals surface area contributed by atoms with Gasteiger partial charge in [-0.15, -0.1) is 12.6 Å². The summed E-state index contributed by atoms with van der Waals surface area (Å²) in [6.07, 6.45) is 3.09. The molecule has 0 saturated heterocycles. The third kappa shape index (κ3) is 3.64. The minimum absolute atomic E-state index is 0.544. The van der Waals surface area contributed by atoms with Crippen LogP contribution in [0.1, 0.15) is 19.4 Å². The normalized spacial score (nSPS) is 7.45. The fourth-order valence-electron chi connectivity index (χ4n) is 0.489. The number of rotatable bonds is 0. The van der Waals surface area contributed by atoms with Gasteiger partial charge in [0.25, 0.3) is 0 Å². The van der Waals surface area contributed by atoms with E-state index in [-0.39, 0.29) is 0 Å². The zero-order chi connectivity index (χ0) is 8.69. The van der Waals surface area contributed by atoms with Gasteiger partial charge in [-0.3, -0.25) is 4.98 Å². The molecule has 0 bridgehead atoms. The number of hydrogen-bond donors (Lipinski definition) is 1. The Bertz CT molecular complexity index is 253. The van der Waals surface area contributed by atoms with E-state index in [1.54, 1.807) is 12.3 Å². The molecule has 1 aromatic rings. The number of aromatic nitrogens is 1. The second-order valence-electron chi connectivity index (χ2n) is 1.54. The maximum Gasteiger partial charge on any atom is 0.101 e. The predicted molar refractivity (Wildman–Crippen MR) is 47.6 cm³/mol. The van der Waals surface area contributed by atoms with Gasteiger partial charge in [-0.05, 0) is 6.07 Å². The lowest BCUT2D eigenvalue weighted by Crippen LogP contribution is -1.76. The molecule has 1 aromatic heterocycles. The lowest BCUT2D eigenvalue weighted by atomic mass is 10.3. The Hall–Kier alpha value is -1.01. The van der Waals surface area contributed by atoms with Crippen molar-refractivity contribution in [3.63, 3.8) is 0 Å². The highest BCUT2D eigenvalue weighted by Crippen LogP contribution is 2.04. The van der Waals surface area contributed by atoms with Crippen molar-refractivity contribution in [2.45, 2.75) is 18.7 Å². The molecule has 0 amide bonds. The SMILES string of the molecule is CC.N#Cc1cncc(S)c1. The van der Waals surface area contributed by atoms with Crippen LogP contribution in [-0.2, 0) is 0 Å². The highest BCUT2D eigenvalue weighted by molar-refractivity contribution is 7.80. The van der Waals surface area contributed by atoms with E-state index in [0.29, 0.717) is 10.5 Å². The Morgan fingerprint density at radius 1 is 1.45 bits per heavy atom. The molecule has 0 aliphatic heterocycles. The van der Waals surface area contributed by atoms with Gasteiger partial charge < -0.3 is 0 Å². The van der Waals surface area contributed by atoms with Crippen LogP contribution in [0.2, 0.25) is 0 Å². The minimum Gasteiger partial charge on any atom is -0.262 e. The zero-order valence-electron chi connectivity index (χ0n) is 6.57. The van der Waals surface area contributed by atoms with E-state index in [1.807, 2.05) is 19.9 Å². The summed E-state index contributed by atoms with van der Waals surface area (Å²) in [6, 6.07) is 3.62. The Labute approximate surface area is 72.3 Å². The van der Waals surface area contributed by atoms with E-state index in [4.69, 9.17) is 5.26 Å². The first-order valence-corrected chi connectivity index (χ1v) is 3.82. The van der Waals surface area contributed by atoms with E-state index < -0.39 is 0 Å². The number of hydrogen-bond acceptors (Lipinski definition) is 3. The Morgan fingerprint density at radius 2 is 2.09 bits per heavy atom. The van der Waals surface area contributed by atoms with Crippen LogP contribution in [0.4, 0.5) is 0 Å². The molecule has 2 nitrogen and oxygen atoms in total. The van der Waals surface area contributed by atoms with Crippen LogP contribution in [0.5, 0.6) is 0 Å². The van der Waals surface area contributed by atoms with E-state index in [9.17, 15) is 0 Å². The van der Waals surface area contributed by atoms with Crippen LogP contribution >= 0.6 is 12.6 Å².